The first-order valence-corrected chi connectivity index (χ1v) is 7.66. The Morgan fingerprint density at radius 3 is 2.82 bits per heavy atom. The van der Waals surface area contributed by atoms with Crippen molar-refractivity contribution >= 4 is 21.6 Å². The molecule has 1 atom stereocenters. The molecular formula is C15H20BrN. The van der Waals surface area contributed by atoms with Crippen LogP contribution in [-0.2, 0) is 0 Å². The van der Waals surface area contributed by atoms with E-state index in [1.807, 2.05) is 0 Å². The third-order valence-corrected chi connectivity index (χ3v) is 5.01. The van der Waals surface area contributed by atoms with Crippen LogP contribution < -0.4 is 5.32 Å². The van der Waals surface area contributed by atoms with Gasteiger partial charge in [0.2, 0.25) is 0 Å². The molecule has 1 N–H and O–H groups in total. The smallest absolute Gasteiger partial charge is 0.0520 e. The van der Waals surface area contributed by atoms with Crippen molar-refractivity contribution < 1.29 is 0 Å². The summed E-state index contributed by atoms with van der Waals surface area (Å²) in [5, 5.41) is 3.56. The molecule has 0 saturated heterocycles. The van der Waals surface area contributed by atoms with Crippen LogP contribution in [0.15, 0.2) is 22.7 Å². The van der Waals surface area contributed by atoms with Crippen molar-refractivity contribution in [2.45, 2.75) is 44.4 Å². The number of halogens is 1. The Kier molecular flexibility index (Phi) is 3.41. The molecule has 1 saturated carbocycles. The topological polar surface area (TPSA) is 12.0 Å². The van der Waals surface area contributed by atoms with E-state index in [9.17, 15) is 0 Å². The lowest BCUT2D eigenvalue weighted by Crippen LogP contribution is -2.12. The highest BCUT2D eigenvalue weighted by atomic mass is 79.9. The Bertz CT molecular complexity index is 396. The van der Waals surface area contributed by atoms with Gasteiger partial charge in [-0.3, -0.25) is 0 Å². The molecule has 1 nitrogen and oxygen atoms in total. The number of hydrogen-bond acceptors (Lipinski definition) is 1. The molecule has 2 aliphatic rings. The molecule has 0 aromatic heterocycles. The third kappa shape index (κ3) is 2.37. The largest absolute Gasteiger partial charge is 0.383 e. The Hall–Kier alpha value is -0.500. The monoisotopic (exact) mass is 293 g/mol. The fourth-order valence-electron chi connectivity index (χ4n) is 3.44. The third-order valence-electron chi connectivity index (χ3n) is 4.35. The average molecular weight is 294 g/mol. The standard InChI is InChI=1S/C15H20BrN/c16-14-8-4-7-13-12(10-17-15(13)14)9-11-5-2-1-3-6-11/h4,7-8,11-12,17H,1-3,5-6,9-10H2. The minimum atomic E-state index is 0.741. The van der Waals surface area contributed by atoms with Crippen molar-refractivity contribution in [3.05, 3.63) is 28.2 Å². The van der Waals surface area contributed by atoms with Crippen LogP contribution in [0.4, 0.5) is 5.69 Å². The highest BCUT2D eigenvalue weighted by Crippen LogP contribution is 2.41. The second kappa shape index (κ2) is 5.01. The van der Waals surface area contributed by atoms with E-state index in [-0.39, 0.29) is 0 Å². The van der Waals surface area contributed by atoms with Gasteiger partial charge in [0.05, 0.1) is 5.69 Å². The van der Waals surface area contributed by atoms with Crippen molar-refractivity contribution in [1.82, 2.24) is 0 Å². The van der Waals surface area contributed by atoms with Crippen molar-refractivity contribution in [2.75, 3.05) is 11.9 Å². The zero-order valence-corrected chi connectivity index (χ0v) is 11.8. The van der Waals surface area contributed by atoms with E-state index in [1.54, 1.807) is 0 Å². The normalized spacial score (nSPS) is 24.4. The Labute approximate surface area is 112 Å². The quantitative estimate of drug-likeness (QED) is 0.815. The van der Waals surface area contributed by atoms with E-state index in [1.165, 1.54) is 54.2 Å². The minimum absolute atomic E-state index is 0.741. The molecule has 1 aliphatic carbocycles. The Morgan fingerprint density at radius 1 is 1.18 bits per heavy atom. The van der Waals surface area contributed by atoms with Gasteiger partial charge >= 0.3 is 0 Å². The summed E-state index contributed by atoms with van der Waals surface area (Å²) in [6, 6.07) is 6.60. The molecule has 2 heteroatoms. The summed E-state index contributed by atoms with van der Waals surface area (Å²) < 4.78 is 1.22. The van der Waals surface area contributed by atoms with Gasteiger partial charge in [0, 0.05) is 16.9 Å². The van der Waals surface area contributed by atoms with Crippen LogP contribution >= 0.6 is 15.9 Å². The summed E-state index contributed by atoms with van der Waals surface area (Å²) in [7, 11) is 0. The number of benzene rings is 1. The van der Waals surface area contributed by atoms with Gasteiger partial charge in [-0.05, 0) is 39.9 Å². The second-order valence-corrected chi connectivity index (χ2v) is 6.38. The number of nitrogens with one attached hydrogen (secondary N) is 1. The van der Waals surface area contributed by atoms with Gasteiger partial charge in [0.1, 0.15) is 0 Å². The van der Waals surface area contributed by atoms with Gasteiger partial charge < -0.3 is 5.32 Å². The molecular weight excluding hydrogens is 274 g/mol. The number of rotatable bonds is 2. The van der Waals surface area contributed by atoms with Crippen LogP contribution in [-0.4, -0.2) is 6.54 Å². The molecule has 0 amide bonds. The van der Waals surface area contributed by atoms with Crippen molar-refractivity contribution in [1.29, 1.82) is 0 Å². The minimum Gasteiger partial charge on any atom is -0.383 e. The maximum Gasteiger partial charge on any atom is 0.0520 e. The molecule has 0 radical (unpaired) electrons. The van der Waals surface area contributed by atoms with E-state index in [0.717, 1.165) is 18.4 Å². The first-order chi connectivity index (χ1) is 8.34. The summed E-state index contributed by atoms with van der Waals surface area (Å²) in [6.45, 7) is 1.13. The van der Waals surface area contributed by atoms with Crippen LogP contribution in [0.25, 0.3) is 0 Å². The zero-order valence-electron chi connectivity index (χ0n) is 10.2. The molecule has 1 aliphatic heterocycles. The maximum absolute atomic E-state index is 3.64. The maximum atomic E-state index is 3.64. The lowest BCUT2D eigenvalue weighted by atomic mass is 9.81. The molecule has 1 aromatic rings. The van der Waals surface area contributed by atoms with Crippen LogP contribution in [0.1, 0.15) is 50.0 Å². The van der Waals surface area contributed by atoms with E-state index in [2.05, 4.69) is 39.4 Å². The molecule has 1 unspecified atom stereocenters. The highest BCUT2D eigenvalue weighted by Gasteiger charge is 2.26. The zero-order chi connectivity index (χ0) is 11.7. The molecule has 0 bridgehead atoms. The molecule has 3 rings (SSSR count). The summed E-state index contributed by atoms with van der Waals surface area (Å²) in [5.41, 5.74) is 2.87. The highest BCUT2D eigenvalue weighted by molar-refractivity contribution is 9.10. The van der Waals surface area contributed by atoms with Gasteiger partial charge in [-0.2, -0.15) is 0 Å². The van der Waals surface area contributed by atoms with Crippen LogP contribution in [0, 0.1) is 5.92 Å². The van der Waals surface area contributed by atoms with Crippen molar-refractivity contribution in [3.63, 3.8) is 0 Å². The van der Waals surface area contributed by atoms with Gasteiger partial charge in [0.15, 0.2) is 0 Å². The van der Waals surface area contributed by atoms with E-state index in [4.69, 9.17) is 0 Å². The molecule has 0 spiro atoms. The van der Waals surface area contributed by atoms with Gasteiger partial charge in [-0.15, -0.1) is 0 Å². The fraction of sp³-hybridized carbons (Fsp3) is 0.600. The number of para-hydroxylation sites is 1. The van der Waals surface area contributed by atoms with Gasteiger partial charge in [0.25, 0.3) is 0 Å². The molecule has 92 valence electrons. The SMILES string of the molecule is Brc1cccc2c1NCC2CC1CCCCC1. The summed E-state index contributed by atoms with van der Waals surface area (Å²) in [5.74, 6) is 1.71. The van der Waals surface area contributed by atoms with Gasteiger partial charge in [-0.1, -0.05) is 44.2 Å². The van der Waals surface area contributed by atoms with E-state index < -0.39 is 0 Å². The fourth-order valence-corrected chi connectivity index (χ4v) is 3.96. The first kappa shape index (κ1) is 11.6. The Balaban J connectivity index is 1.72. The lowest BCUT2D eigenvalue weighted by molar-refractivity contribution is 0.323. The molecule has 1 fully saturated rings. The summed E-state index contributed by atoms with van der Waals surface area (Å²) >= 11 is 3.64. The van der Waals surface area contributed by atoms with Crippen molar-refractivity contribution in [3.8, 4) is 0 Å². The Morgan fingerprint density at radius 2 is 2.00 bits per heavy atom. The number of anilines is 1. The molecule has 1 aromatic carbocycles. The van der Waals surface area contributed by atoms with E-state index in [0.29, 0.717) is 0 Å². The molecule has 1 heterocycles. The van der Waals surface area contributed by atoms with Gasteiger partial charge in [-0.25, -0.2) is 0 Å². The first-order valence-electron chi connectivity index (χ1n) is 6.87. The number of hydrogen-bond donors (Lipinski definition) is 1. The predicted octanol–water partition coefficient (Wildman–Crippen LogP) is 4.93. The average Bonchev–Trinajstić information content (AvgIpc) is 2.76. The lowest BCUT2D eigenvalue weighted by Gasteiger charge is -2.24. The van der Waals surface area contributed by atoms with Crippen LogP contribution in [0.5, 0.6) is 0 Å². The van der Waals surface area contributed by atoms with Crippen LogP contribution in [0.3, 0.4) is 0 Å². The predicted molar refractivity (Wildman–Crippen MR) is 76.6 cm³/mol. The second-order valence-electron chi connectivity index (χ2n) is 5.52. The van der Waals surface area contributed by atoms with E-state index >= 15 is 0 Å². The molecule has 17 heavy (non-hydrogen) atoms. The van der Waals surface area contributed by atoms with Crippen molar-refractivity contribution in [2.24, 2.45) is 5.92 Å². The van der Waals surface area contributed by atoms with Crippen LogP contribution in [0.2, 0.25) is 0 Å². The summed E-state index contributed by atoms with van der Waals surface area (Å²) in [6.07, 6.45) is 8.67. The number of fused-ring (bicyclic) bond motifs is 1. The summed E-state index contributed by atoms with van der Waals surface area (Å²) in [4.78, 5) is 0.